The summed E-state index contributed by atoms with van der Waals surface area (Å²) in [5.41, 5.74) is -2.77. The number of nitrogens with one attached hydrogen (secondary N) is 1. The Balaban J connectivity index is 1.57. The number of carbonyl (C=O) groups excluding carboxylic acids is 3. The molecule has 12 nitrogen and oxygen atoms in total. The first kappa shape index (κ1) is 29.0. The standard InChI is InChI=1S/C29H33NO11/c1-11-24(33)17(30-13(3)32)9-20(40-11)41-19-8-15-16(10-29(19,38)12(2)31)27(36)22-23(26(15)35)28(37)21-14(25(22)34)6-5-7-18(21)39-4/h5-7,11-12,17,19-20,24,31,33,35-36,38H,8-10H2,1-4H3,(H,30,32). The highest BCUT2D eigenvalue weighted by Gasteiger charge is 2.51. The van der Waals surface area contributed by atoms with E-state index >= 15 is 0 Å². The molecule has 0 spiro atoms. The number of phenols is 2. The predicted octanol–water partition coefficient (Wildman–Crippen LogP) is 0.478. The molecule has 220 valence electrons. The minimum Gasteiger partial charge on any atom is -0.507 e. The molecule has 7 unspecified atom stereocenters. The molecule has 0 saturated carbocycles. The summed E-state index contributed by atoms with van der Waals surface area (Å²) in [6, 6.07) is 3.75. The zero-order valence-corrected chi connectivity index (χ0v) is 23.0. The van der Waals surface area contributed by atoms with Gasteiger partial charge in [0, 0.05) is 42.9 Å². The van der Waals surface area contributed by atoms with E-state index in [9.17, 15) is 39.9 Å². The summed E-state index contributed by atoms with van der Waals surface area (Å²) in [5.74, 6) is -2.77. The highest BCUT2D eigenvalue weighted by atomic mass is 16.7. The third-order valence-electron chi connectivity index (χ3n) is 8.37. The highest BCUT2D eigenvalue weighted by molar-refractivity contribution is 6.31. The average molecular weight is 572 g/mol. The first-order valence-corrected chi connectivity index (χ1v) is 13.3. The van der Waals surface area contributed by atoms with Gasteiger partial charge in [-0.15, -0.1) is 0 Å². The Hall–Kier alpha value is -3.55. The number of aliphatic hydroxyl groups is 3. The van der Waals surface area contributed by atoms with Gasteiger partial charge in [-0.1, -0.05) is 12.1 Å². The number of hydrogen-bond acceptors (Lipinski definition) is 11. The van der Waals surface area contributed by atoms with Crippen molar-refractivity contribution in [2.24, 2.45) is 0 Å². The van der Waals surface area contributed by atoms with Crippen molar-refractivity contribution in [2.45, 2.75) is 82.4 Å². The van der Waals surface area contributed by atoms with Crippen LogP contribution in [0.3, 0.4) is 0 Å². The number of amides is 1. The molecule has 0 bridgehead atoms. The second-order valence-electron chi connectivity index (χ2n) is 10.9. The molecule has 0 radical (unpaired) electrons. The molecule has 7 atom stereocenters. The molecule has 1 heterocycles. The van der Waals surface area contributed by atoms with Gasteiger partial charge in [-0.2, -0.15) is 0 Å². The molecule has 12 heteroatoms. The van der Waals surface area contributed by atoms with E-state index in [4.69, 9.17) is 14.2 Å². The maximum absolute atomic E-state index is 13.6. The number of aromatic hydroxyl groups is 2. The molecule has 5 rings (SSSR count). The average Bonchev–Trinajstić information content (AvgIpc) is 2.92. The summed E-state index contributed by atoms with van der Waals surface area (Å²) in [4.78, 5) is 38.8. The molecule has 2 aromatic rings. The van der Waals surface area contributed by atoms with Crippen LogP contribution >= 0.6 is 0 Å². The Bertz CT molecular complexity index is 1440. The van der Waals surface area contributed by atoms with Gasteiger partial charge >= 0.3 is 0 Å². The number of methoxy groups -OCH3 is 1. The van der Waals surface area contributed by atoms with E-state index < -0.39 is 77.4 Å². The lowest BCUT2D eigenvalue weighted by Gasteiger charge is -2.46. The fraction of sp³-hybridized carbons (Fsp3) is 0.483. The molecular formula is C29H33NO11. The smallest absolute Gasteiger partial charge is 0.217 e. The molecule has 1 amide bonds. The number of benzene rings is 2. The Kier molecular flexibility index (Phi) is 7.33. The van der Waals surface area contributed by atoms with Gasteiger partial charge in [0.05, 0.1) is 48.2 Å². The van der Waals surface area contributed by atoms with Gasteiger partial charge in [-0.3, -0.25) is 14.4 Å². The Morgan fingerprint density at radius 2 is 1.78 bits per heavy atom. The molecule has 41 heavy (non-hydrogen) atoms. The normalized spacial score (nSPS) is 29.7. The van der Waals surface area contributed by atoms with Crippen molar-refractivity contribution >= 4 is 17.5 Å². The van der Waals surface area contributed by atoms with Crippen molar-refractivity contribution in [2.75, 3.05) is 7.11 Å². The fourth-order valence-corrected chi connectivity index (χ4v) is 6.13. The quantitative estimate of drug-likeness (QED) is 0.233. The summed E-state index contributed by atoms with van der Waals surface area (Å²) in [7, 11) is 1.34. The largest absolute Gasteiger partial charge is 0.507 e. The molecule has 1 aliphatic heterocycles. The summed E-state index contributed by atoms with van der Waals surface area (Å²) in [6.07, 6.45) is -6.10. The number of fused-ring (bicyclic) bond motifs is 3. The number of phenolic OH excluding ortho intramolecular Hbond substituents is 2. The van der Waals surface area contributed by atoms with Crippen molar-refractivity contribution < 1.29 is 54.1 Å². The third-order valence-corrected chi connectivity index (χ3v) is 8.37. The van der Waals surface area contributed by atoms with Gasteiger partial charge < -0.3 is 45.1 Å². The van der Waals surface area contributed by atoms with Crippen molar-refractivity contribution in [3.8, 4) is 17.2 Å². The van der Waals surface area contributed by atoms with Gasteiger partial charge in [0.15, 0.2) is 12.1 Å². The number of ether oxygens (including phenoxy) is 3. The summed E-state index contributed by atoms with van der Waals surface area (Å²) in [6.45, 7) is 4.24. The van der Waals surface area contributed by atoms with Crippen molar-refractivity contribution in [3.05, 3.63) is 51.6 Å². The molecule has 1 saturated heterocycles. The van der Waals surface area contributed by atoms with Crippen LogP contribution in [0, 0.1) is 0 Å². The molecule has 3 aliphatic rings. The zero-order valence-electron chi connectivity index (χ0n) is 23.0. The molecule has 2 aliphatic carbocycles. The second kappa shape index (κ2) is 10.4. The van der Waals surface area contributed by atoms with E-state index in [2.05, 4.69) is 5.32 Å². The van der Waals surface area contributed by atoms with Crippen LogP contribution < -0.4 is 10.1 Å². The van der Waals surface area contributed by atoms with Crippen LogP contribution in [0.25, 0.3) is 0 Å². The number of ketones is 2. The maximum atomic E-state index is 13.6. The second-order valence-corrected chi connectivity index (χ2v) is 10.9. The zero-order chi connectivity index (χ0) is 30.0. The number of hydrogen-bond donors (Lipinski definition) is 6. The predicted molar refractivity (Wildman–Crippen MR) is 141 cm³/mol. The van der Waals surface area contributed by atoms with Crippen LogP contribution in [0.1, 0.15) is 70.2 Å². The lowest BCUT2D eigenvalue weighted by atomic mass is 9.71. The van der Waals surface area contributed by atoms with Crippen molar-refractivity contribution in [1.82, 2.24) is 5.32 Å². The third kappa shape index (κ3) is 4.56. The van der Waals surface area contributed by atoms with Crippen LogP contribution in [0.5, 0.6) is 17.2 Å². The van der Waals surface area contributed by atoms with E-state index in [1.807, 2.05) is 0 Å². The summed E-state index contributed by atoms with van der Waals surface area (Å²) >= 11 is 0. The highest BCUT2D eigenvalue weighted by Crippen LogP contribution is 2.49. The monoisotopic (exact) mass is 571 g/mol. The Morgan fingerprint density at radius 3 is 2.41 bits per heavy atom. The summed E-state index contributed by atoms with van der Waals surface area (Å²) in [5, 5.41) is 58.1. The lowest BCUT2D eigenvalue weighted by Crippen LogP contribution is -2.60. The fourth-order valence-electron chi connectivity index (χ4n) is 6.13. The lowest BCUT2D eigenvalue weighted by molar-refractivity contribution is -0.275. The van der Waals surface area contributed by atoms with Crippen molar-refractivity contribution in [3.63, 3.8) is 0 Å². The Labute approximate surface area is 235 Å². The summed E-state index contributed by atoms with van der Waals surface area (Å²) < 4.78 is 17.2. The number of carbonyl (C=O) groups is 3. The number of aliphatic hydroxyl groups excluding tert-OH is 2. The van der Waals surface area contributed by atoms with Crippen LogP contribution in [-0.2, 0) is 27.1 Å². The van der Waals surface area contributed by atoms with Gasteiger partial charge in [0.25, 0.3) is 0 Å². The van der Waals surface area contributed by atoms with Crippen LogP contribution in [0.15, 0.2) is 18.2 Å². The van der Waals surface area contributed by atoms with E-state index in [1.54, 1.807) is 6.92 Å². The molecule has 0 aromatic heterocycles. The van der Waals surface area contributed by atoms with Crippen molar-refractivity contribution in [1.29, 1.82) is 0 Å². The van der Waals surface area contributed by atoms with E-state index in [1.165, 1.54) is 39.2 Å². The minimum atomic E-state index is -2.01. The maximum Gasteiger partial charge on any atom is 0.217 e. The van der Waals surface area contributed by atoms with E-state index in [-0.39, 0.29) is 52.3 Å². The van der Waals surface area contributed by atoms with Gasteiger partial charge in [-0.05, 0) is 19.9 Å². The SMILES string of the molecule is COc1cccc2c1C(=O)c1c(O)c3c(c(O)c1C2=O)CC(O)(C(C)O)C(OC1CC(NC(C)=O)C(O)C(C)O1)C3. The van der Waals surface area contributed by atoms with Crippen LogP contribution in [0.2, 0.25) is 0 Å². The van der Waals surface area contributed by atoms with E-state index in [0.717, 1.165) is 0 Å². The Morgan fingerprint density at radius 1 is 1.12 bits per heavy atom. The molecule has 6 N–H and O–H groups in total. The molecule has 2 aromatic carbocycles. The van der Waals surface area contributed by atoms with E-state index in [0.29, 0.717) is 0 Å². The van der Waals surface area contributed by atoms with Crippen LogP contribution in [0.4, 0.5) is 0 Å². The van der Waals surface area contributed by atoms with Crippen LogP contribution in [-0.4, -0.2) is 92.5 Å². The first-order valence-electron chi connectivity index (χ1n) is 13.3. The molecule has 1 fully saturated rings. The minimum absolute atomic E-state index is 0.00112. The van der Waals surface area contributed by atoms with Gasteiger partial charge in [-0.25, -0.2) is 0 Å². The van der Waals surface area contributed by atoms with Gasteiger partial charge in [0.1, 0.15) is 29.0 Å². The molecular weight excluding hydrogens is 538 g/mol. The first-order chi connectivity index (χ1) is 19.3. The number of rotatable bonds is 5. The topological polar surface area (TPSA) is 192 Å². The van der Waals surface area contributed by atoms with Gasteiger partial charge in [0.2, 0.25) is 11.7 Å².